The first-order valence-corrected chi connectivity index (χ1v) is 11.4. The average Bonchev–Trinajstić information content (AvgIpc) is 3.24. The van der Waals surface area contributed by atoms with E-state index >= 15 is 0 Å². The molecule has 1 aliphatic rings. The molecule has 0 fully saturated rings. The lowest BCUT2D eigenvalue weighted by atomic mass is 9.95. The number of hydrogen-bond donors (Lipinski definition) is 2. The van der Waals surface area contributed by atoms with Crippen molar-refractivity contribution in [2.45, 2.75) is 13.0 Å². The number of amides is 1. The normalized spacial score (nSPS) is 15.0. The molecule has 0 saturated carbocycles. The van der Waals surface area contributed by atoms with Crippen LogP contribution in [0, 0.1) is 0 Å². The third-order valence-corrected chi connectivity index (χ3v) is 6.57. The van der Waals surface area contributed by atoms with E-state index in [0.717, 1.165) is 0 Å². The van der Waals surface area contributed by atoms with Gasteiger partial charge in [0.2, 0.25) is 5.95 Å². The molecule has 4 aromatic rings. The maximum Gasteiger partial charge on any atom is 0.255 e. The summed E-state index contributed by atoms with van der Waals surface area (Å²) >= 11 is 19.4. The summed E-state index contributed by atoms with van der Waals surface area (Å²) in [6.07, 6.45) is 3.20. The molecule has 7 nitrogen and oxygen atoms in total. The van der Waals surface area contributed by atoms with Gasteiger partial charge in [-0.3, -0.25) is 9.78 Å². The topological polar surface area (TPSA) is 84.7 Å². The molecule has 0 saturated heterocycles. The molecule has 0 bridgehead atoms. The Morgan fingerprint density at radius 3 is 2.59 bits per heavy atom. The lowest BCUT2D eigenvalue weighted by Gasteiger charge is -2.29. The van der Waals surface area contributed by atoms with E-state index in [0.29, 0.717) is 54.9 Å². The number of nitrogens with zero attached hydrogens (tertiary/aromatic N) is 4. The van der Waals surface area contributed by atoms with Gasteiger partial charge in [0.15, 0.2) is 5.82 Å². The van der Waals surface area contributed by atoms with E-state index in [4.69, 9.17) is 39.9 Å². The molecule has 34 heavy (non-hydrogen) atoms. The van der Waals surface area contributed by atoms with E-state index < -0.39 is 6.04 Å². The van der Waals surface area contributed by atoms with Crippen LogP contribution in [0.1, 0.15) is 18.5 Å². The fourth-order valence-corrected chi connectivity index (χ4v) is 4.49. The van der Waals surface area contributed by atoms with E-state index in [1.807, 2.05) is 24.3 Å². The molecule has 2 aromatic heterocycles. The van der Waals surface area contributed by atoms with Crippen LogP contribution in [0.15, 0.2) is 78.3 Å². The van der Waals surface area contributed by atoms with Gasteiger partial charge in [0, 0.05) is 23.0 Å². The summed E-state index contributed by atoms with van der Waals surface area (Å²) in [5.41, 5.74) is 2.86. The van der Waals surface area contributed by atoms with E-state index in [2.05, 4.69) is 20.6 Å². The largest absolute Gasteiger partial charge is 0.328 e. The van der Waals surface area contributed by atoms with Crippen LogP contribution in [0.3, 0.4) is 0 Å². The Bertz CT molecular complexity index is 1430. The molecule has 2 N–H and O–H groups in total. The third kappa shape index (κ3) is 4.03. The maximum atomic E-state index is 13.5. The van der Waals surface area contributed by atoms with Gasteiger partial charge in [-0.2, -0.15) is 4.98 Å². The van der Waals surface area contributed by atoms with Gasteiger partial charge < -0.3 is 10.6 Å². The zero-order valence-corrected chi connectivity index (χ0v) is 20.0. The molecule has 0 radical (unpaired) electrons. The second-order valence-electron chi connectivity index (χ2n) is 7.59. The quantitative estimate of drug-likeness (QED) is 0.339. The molecule has 1 aliphatic heterocycles. The Morgan fingerprint density at radius 1 is 1.03 bits per heavy atom. The van der Waals surface area contributed by atoms with Crippen LogP contribution < -0.4 is 10.6 Å². The molecular formula is C24H17Cl3N6O. The third-order valence-electron chi connectivity index (χ3n) is 5.41. The summed E-state index contributed by atoms with van der Waals surface area (Å²) < 4.78 is 1.63. The minimum absolute atomic E-state index is 0.330. The lowest BCUT2D eigenvalue weighted by molar-refractivity contribution is -0.113. The highest BCUT2D eigenvalue weighted by molar-refractivity contribution is 6.42. The van der Waals surface area contributed by atoms with Gasteiger partial charge in [0.25, 0.3) is 5.91 Å². The van der Waals surface area contributed by atoms with Crippen molar-refractivity contribution in [3.63, 3.8) is 0 Å². The summed E-state index contributed by atoms with van der Waals surface area (Å²) in [5.74, 6) is 0.531. The van der Waals surface area contributed by atoms with Gasteiger partial charge >= 0.3 is 0 Å². The van der Waals surface area contributed by atoms with Gasteiger partial charge in [-0.1, -0.05) is 59.1 Å². The fourth-order valence-electron chi connectivity index (χ4n) is 3.86. The van der Waals surface area contributed by atoms with Crippen LogP contribution in [0.25, 0.3) is 11.4 Å². The molecule has 0 spiro atoms. The number of benzene rings is 2. The predicted molar refractivity (Wildman–Crippen MR) is 134 cm³/mol. The number of nitrogens with one attached hydrogen (secondary N) is 2. The smallest absolute Gasteiger partial charge is 0.255 e. The number of rotatable bonds is 4. The van der Waals surface area contributed by atoms with Crippen molar-refractivity contribution in [3.8, 4) is 11.4 Å². The van der Waals surface area contributed by atoms with Gasteiger partial charge in [0.1, 0.15) is 6.04 Å². The molecule has 1 atom stereocenters. The van der Waals surface area contributed by atoms with Gasteiger partial charge in [0.05, 0.1) is 32.5 Å². The Kier molecular flexibility index (Phi) is 6.00. The van der Waals surface area contributed by atoms with Gasteiger partial charge in [-0.15, -0.1) is 5.10 Å². The monoisotopic (exact) mass is 510 g/mol. The highest BCUT2D eigenvalue weighted by atomic mass is 35.5. The summed E-state index contributed by atoms with van der Waals surface area (Å²) in [7, 11) is 0. The first-order valence-electron chi connectivity index (χ1n) is 10.3. The number of fused-ring (bicyclic) bond motifs is 1. The van der Waals surface area contributed by atoms with Crippen LogP contribution in [-0.2, 0) is 4.79 Å². The Balaban J connectivity index is 1.66. The number of hydrogen-bond acceptors (Lipinski definition) is 5. The molecule has 5 rings (SSSR count). The number of pyridine rings is 1. The number of carbonyl (C=O) groups is 1. The molecule has 3 heterocycles. The first-order chi connectivity index (χ1) is 16.4. The highest BCUT2D eigenvalue weighted by Gasteiger charge is 2.36. The minimum atomic E-state index is -0.692. The predicted octanol–water partition coefficient (Wildman–Crippen LogP) is 6.23. The molecule has 1 unspecified atom stereocenters. The Hall–Kier alpha value is -3.39. The average molecular weight is 512 g/mol. The summed E-state index contributed by atoms with van der Waals surface area (Å²) in [6, 6.07) is 15.4. The van der Waals surface area contributed by atoms with Crippen LogP contribution in [0.5, 0.6) is 0 Å². The zero-order valence-electron chi connectivity index (χ0n) is 17.8. The summed E-state index contributed by atoms with van der Waals surface area (Å²) in [6.45, 7) is 1.80. The van der Waals surface area contributed by atoms with Crippen molar-refractivity contribution < 1.29 is 4.79 Å². The SMILES string of the molecule is CC1=C(C(=O)Nc2cccnc2)C(c2cccc(Cl)c2Cl)n2nc(-c3ccccc3Cl)nc2N1. The fraction of sp³-hybridized carbons (Fsp3) is 0.0833. The summed E-state index contributed by atoms with van der Waals surface area (Å²) in [5, 5.41) is 12.0. The van der Waals surface area contributed by atoms with E-state index in [1.165, 1.54) is 0 Å². The molecular weight excluding hydrogens is 495 g/mol. The van der Waals surface area contributed by atoms with Gasteiger partial charge in [-0.05, 0) is 37.3 Å². The Morgan fingerprint density at radius 2 is 1.82 bits per heavy atom. The second kappa shape index (κ2) is 9.10. The van der Waals surface area contributed by atoms with Gasteiger partial charge in [-0.25, -0.2) is 4.68 Å². The highest BCUT2D eigenvalue weighted by Crippen LogP contribution is 2.41. The number of anilines is 2. The maximum absolute atomic E-state index is 13.5. The standard InChI is InChI=1S/C24H17Cl3N6O/c1-13-19(23(34)30-14-6-5-11-28-12-14)21(16-8-4-10-18(26)20(16)27)33-24(29-13)31-22(32-33)15-7-2-3-9-17(15)25/h2-12,21H,1H3,(H,30,34)(H,29,31,32). The van der Waals surface area contributed by atoms with Crippen molar-refractivity contribution in [2.24, 2.45) is 0 Å². The number of halogens is 3. The second-order valence-corrected chi connectivity index (χ2v) is 8.78. The van der Waals surface area contributed by atoms with E-state index in [9.17, 15) is 4.79 Å². The van der Waals surface area contributed by atoms with Crippen molar-refractivity contribution in [2.75, 3.05) is 10.6 Å². The zero-order chi connectivity index (χ0) is 23.8. The van der Waals surface area contributed by atoms with Crippen molar-refractivity contribution >= 4 is 52.3 Å². The van der Waals surface area contributed by atoms with Crippen molar-refractivity contribution in [3.05, 3.63) is 98.9 Å². The Labute approximate surface area is 210 Å². The van der Waals surface area contributed by atoms with Crippen molar-refractivity contribution in [1.82, 2.24) is 19.7 Å². The number of carbonyl (C=O) groups excluding carboxylic acids is 1. The lowest BCUT2D eigenvalue weighted by Crippen LogP contribution is -2.31. The molecule has 170 valence electrons. The summed E-state index contributed by atoms with van der Waals surface area (Å²) in [4.78, 5) is 22.2. The van der Waals surface area contributed by atoms with Crippen LogP contribution >= 0.6 is 34.8 Å². The molecule has 1 amide bonds. The van der Waals surface area contributed by atoms with Crippen LogP contribution in [0.2, 0.25) is 15.1 Å². The minimum Gasteiger partial charge on any atom is -0.328 e. The van der Waals surface area contributed by atoms with Crippen molar-refractivity contribution in [1.29, 1.82) is 0 Å². The van der Waals surface area contributed by atoms with Crippen LogP contribution in [-0.4, -0.2) is 25.7 Å². The molecule has 2 aromatic carbocycles. The first kappa shape index (κ1) is 22.4. The van der Waals surface area contributed by atoms with Crippen LogP contribution in [0.4, 0.5) is 11.6 Å². The number of allylic oxidation sites excluding steroid dienone is 1. The number of aromatic nitrogens is 4. The van der Waals surface area contributed by atoms with E-state index in [-0.39, 0.29) is 5.91 Å². The molecule has 10 heteroatoms. The van der Waals surface area contributed by atoms with E-state index in [1.54, 1.807) is 54.3 Å². The molecule has 0 aliphatic carbocycles.